The molecule has 0 aliphatic rings. The van der Waals surface area contributed by atoms with Gasteiger partial charge in [-0.1, -0.05) is 67.1 Å². The summed E-state index contributed by atoms with van der Waals surface area (Å²) in [5.41, 5.74) is 3.58. The highest BCUT2D eigenvalue weighted by molar-refractivity contribution is 5.74. The molecule has 25 heavy (non-hydrogen) atoms. The van der Waals surface area contributed by atoms with Crippen LogP contribution in [0, 0.1) is 6.92 Å². The monoisotopic (exact) mass is 340 g/mol. The van der Waals surface area contributed by atoms with Gasteiger partial charge in [-0.2, -0.15) is 0 Å². The van der Waals surface area contributed by atoms with Crippen LogP contribution in [-0.4, -0.2) is 30.8 Å². The second-order valence-electron chi connectivity index (χ2n) is 6.53. The topological polar surface area (TPSA) is 61.4 Å². The first-order chi connectivity index (χ1) is 12.1. The van der Waals surface area contributed by atoms with Gasteiger partial charge >= 0.3 is 6.03 Å². The lowest BCUT2D eigenvalue weighted by atomic mass is 9.96. The van der Waals surface area contributed by atoms with Gasteiger partial charge < -0.3 is 15.7 Å². The summed E-state index contributed by atoms with van der Waals surface area (Å²) < 4.78 is 0. The fourth-order valence-corrected chi connectivity index (χ4v) is 2.89. The van der Waals surface area contributed by atoms with E-state index in [0.717, 1.165) is 5.56 Å². The molecule has 2 aromatic rings. The van der Waals surface area contributed by atoms with Gasteiger partial charge in [0.1, 0.15) is 0 Å². The number of carbonyl (C=O) groups is 1. The number of urea groups is 1. The molecule has 0 saturated carbocycles. The molecular formula is C21H28N2O2. The van der Waals surface area contributed by atoms with Crippen LogP contribution in [0.2, 0.25) is 0 Å². The van der Waals surface area contributed by atoms with E-state index in [9.17, 15) is 9.90 Å². The highest BCUT2D eigenvalue weighted by Crippen LogP contribution is 2.18. The molecule has 2 rings (SSSR count). The van der Waals surface area contributed by atoms with E-state index >= 15 is 0 Å². The average molecular weight is 340 g/mol. The molecule has 134 valence electrons. The van der Waals surface area contributed by atoms with Gasteiger partial charge in [0.25, 0.3) is 0 Å². The first-order valence-electron chi connectivity index (χ1n) is 8.84. The molecule has 0 aliphatic carbocycles. The van der Waals surface area contributed by atoms with Crippen LogP contribution in [-0.2, 0) is 0 Å². The average Bonchev–Trinajstić information content (AvgIpc) is 2.63. The number of rotatable bonds is 8. The van der Waals surface area contributed by atoms with E-state index in [4.69, 9.17) is 0 Å². The van der Waals surface area contributed by atoms with E-state index in [1.807, 2.05) is 36.4 Å². The summed E-state index contributed by atoms with van der Waals surface area (Å²) in [6, 6.07) is 18.2. The number of nitrogens with one attached hydrogen (secondary N) is 2. The van der Waals surface area contributed by atoms with Crippen molar-refractivity contribution in [2.24, 2.45) is 0 Å². The number of amides is 2. The zero-order valence-corrected chi connectivity index (χ0v) is 15.0. The van der Waals surface area contributed by atoms with E-state index in [1.54, 1.807) is 0 Å². The summed E-state index contributed by atoms with van der Waals surface area (Å²) in [6.45, 7) is 5.38. The molecule has 0 aromatic heterocycles. The van der Waals surface area contributed by atoms with Crippen LogP contribution in [0.1, 0.15) is 41.9 Å². The van der Waals surface area contributed by atoms with Crippen molar-refractivity contribution in [3.05, 3.63) is 71.3 Å². The molecule has 2 aromatic carbocycles. The summed E-state index contributed by atoms with van der Waals surface area (Å²) in [5, 5.41) is 15.1. The molecule has 0 spiro atoms. The van der Waals surface area contributed by atoms with E-state index < -0.39 is 0 Å². The van der Waals surface area contributed by atoms with Crippen molar-refractivity contribution in [1.82, 2.24) is 10.6 Å². The second-order valence-corrected chi connectivity index (χ2v) is 6.53. The van der Waals surface area contributed by atoms with Crippen LogP contribution < -0.4 is 10.6 Å². The first-order valence-corrected chi connectivity index (χ1v) is 8.84. The molecule has 2 amide bonds. The van der Waals surface area contributed by atoms with Gasteiger partial charge in [-0.25, -0.2) is 4.79 Å². The second kappa shape index (κ2) is 9.84. The summed E-state index contributed by atoms with van der Waals surface area (Å²) >= 11 is 0. The molecule has 4 heteroatoms. The third-order valence-electron chi connectivity index (χ3n) is 4.44. The number of aliphatic hydroxyl groups excluding tert-OH is 1. The van der Waals surface area contributed by atoms with Crippen LogP contribution in [0.3, 0.4) is 0 Å². The van der Waals surface area contributed by atoms with Gasteiger partial charge in [0, 0.05) is 25.6 Å². The molecule has 0 aliphatic heterocycles. The Balaban J connectivity index is 1.81. The van der Waals surface area contributed by atoms with Gasteiger partial charge in [-0.05, 0) is 30.4 Å². The largest absolute Gasteiger partial charge is 0.396 e. The van der Waals surface area contributed by atoms with E-state index in [0.29, 0.717) is 19.5 Å². The standard InChI is InChI=1S/C21H28N2O2/c1-16-7-6-10-19(13-16)17(2)14-22-21(25)23-15-20(11-12-24)18-8-4-3-5-9-18/h3-10,13,17,20,24H,11-12,14-15H2,1-2H3,(H2,22,23,25). The van der Waals surface area contributed by atoms with Gasteiger partial charge in [0.05, 0.1) is 0 Å². The summed E-state index contributed by atoms with van der Waals surface area (Å²) in [7, 11) is 0. The Morgan fingerprint density at radius 2 is 1.68 bits per heavy atom. The highest BCUT2D eigenvalue weighted by Gasteiger charge is 2.13. The Kier molecular flexibility index (Phi) is 7.48. The molecule has 2 atom stereocenters. The minimum Gasteiger partial charge on any atom is -0.396 e. The Labute approximate surface area is 150 Å². The lowest BCUT2D eigenvalue weighted by molar-refractivity contribution is 0.237. The van der Waals surface area contributed by atoms with E-state index in [-0.39, 0.29) is 24.5 Å². The molecule has 3 N–H and O–H groups in total. The van der Waals surface area contributed by atoms with Crippen LogP contribution in [0.4, 0.5) is 4.79 Å². The number of hydrogen-bond acceptors (Lipinski definition) is 2. The zero-order chi connectivity index (χ0) is 18.1. The minimum absolute atomic E-state index is 0.104. The van der Waals surface area contributed by atoms with Crippen molar-refractivity contribution >= 4 is 6.03 Å². The van der Waals surface area contributed by atoms with Crippen molar-refractivity contribution in [3.8, 4) is 0 Å². The number of aliphatic hydroxyl groups is 1. The molecule has 0 bridgehead atoms. The van der Waals surface area contributed by atoms with E-state index in [1.165, 1.54) is 11.1 Å². The fraction of sp³-hybridized carbons (Fsp3) is 0.381. The number of aryl methyl sites for hydroxylation is 1. The quantitative estimate of drug-likeness (QED) is 0.688. The van der Waals surface area contributed by atoms with Crippen LogP contribution >= 0.6 is 0 Å². The Morgan fingerprint density at radius 1 is 1.00 bits per heavy atom. The number of benzene rings is 2. The Hall–Kier alpha value is -2.33. The minimum atomic E-state index is -0.168. The molecule has 0 fully saturated rings. The molecule has 0 saturated heterocycles. The van der Waals surface area contributed by atoms with Gasteiger partial charge in [-0.15, -0.1) is 0 Å². The van der Waals surface area contributed by atoms with Crippen LogP contribution in [0.5, 0.6) is 0 Å². The SMILES string of the molecule is Cc1cccc(C(C)CNC(=O)NCC(CCO)c2ccccc2)c1. The maximum absolute atomic E-state index is 12.1. The molecule has 4 nitrogen and oxygen atoms in total. The van der Waals surface area contributed by atoms with Crippen molar-refractivity contribution in [2.75, 3.05) is 19.7 Å². The van der Waals surface area contributed by atoms with Gasteiger partial charge in [0.15, 0.2) is 0 Å². The third kappa shape index (κ3) is 6.24. The van der Waals surface area contributed by atoms with Crippen molar-refractivity contribution < 1.29 is 9.90 Å². The number of carbonyl (C=O) groups excluding carboxylic acids is 1. The predicted octanol–water partition coefficient (Wildman–Crippen LogP) is 3.56. The fourth-order valence-electron chi connectivity index (χ4n) is 2.89. The molecular weight excluding hydrogens is 312 g/mol. The summed E-state index contributed by atoms with van der Waals surface area (Å²) in [5.74, 6) is 0.374. The summed E-state index contributed by atoms with van der Waals surface area (Å²) in [6.07, 6.45) is 0.629. The van der Waals surface area contributed by atoms with Gasteiger partial charge in [-0.3, -0.25) is 0 Å². The first kappa shape index (κ1) is 19.0. The van der Waals surface area contributed by atoms with Crippen LogP contribution in [0.25, 0.3) is 0 Å². The van der Waals surface area contributed by atoms with Crippen molar-refractivity contribution in [2.45, 2.75) is 32.1 Å². The normalized spacial score (nSPS) is 13.1. The van der Waals surface area contributed by atoms with Crippen molar-refractivity contribution in [3.63, 3.8) is 0 Å². The Bertz CT molecular complexity index is 658. The Morgan fingerprint density at radius 3 is 2.36 bits per heavy atom. The maximum atomic E-state index is 12.1. The highest BCUT2D eigenvalue weighted by atomic mass is 16.3. The van der Waals surface area contributed by atoms with E-state index in [2.05, 4.69) is 42.7 Å². The molecule has 2 unspecified atom stereocenters. The maximum Gasteiger partial charge on any atom is 0.314 e. The lowest BCUT2D eigenvalue weighted by Crippen LogP contribution is -2.39. The molecule has 0 radical (unpaired) electrons. The van der Waals surface area contributed by atoms with Crippen molar-refractivity contribution in [1.29, 1.82) is 0 Å². The zero-order valence-electron chi connectivity index (χ0n) is 15.0. The smallest absolute Gasteiger partial charge is 0.314 e. The van der Waals surface area contributed by atoms with Crippen LogP contribution in [0.15, 0.2) is 54.6 Å². The lowest BCUT2D eigenvalue weighted by Gasteiger charge is -2.18. The van der Waals surface area contributed by atoms with Gasteiger partial charge in [0.2, 0.25) is 0 Å². The summed E-state index contributed by atoms with van der Waals surface area (Å²) in [4.78, 5) is 12.1. The predicted molar refractivity (Wildman–Crippen MR) is 102 cm³/mol. The third-order valence-corrected chi connectivity index (χ3v) is 4.44. The molecule has 0 heterocycles. The number of hydrogen-bond donors (Lipinski definition) is 3.